The van der Waals surface area contributed by atoms with Gasteiger partial charge in [0, 0.05) is 13.1 Å². The molecule has 1 amide bonds. The number of ether oxygens (including phenoxy) is 2. The average molecular weight is 338 g/mol. The molecule has 0 aliphatic rings. The lowest BCUT2D eigenvalue weighted by Gasteiger charge is -2.22. The van der Waals surface area contributed by atoms with Crippen LogP contribution in [0, 0.1) is 11.3 Å². The Morgan fingerprint density at radius 2 is 1.80 bits per heavy atom. The van der Waals surface area contributed by atoms with Gasteiger partial charge < -0.3 is 14.4 Å². The van der Waals surface area contributed by atoms with E-state index in [0.717, 1.165) is 12.0 Å². The summed E-state index contributed by atoms with van der Waals surface area (Å²) in [4.78, 5) is 14.3. The zero-order chi connectivity index (χ0) is 18.1. The third-order valence-electron chi connectivity index (χ3n) is 3.72. The highest BCUT2D eigenvalue weighted by Crippen LogP contribution is 2.25. The summed E-state index contributed by atoms with van der Waals surface area (Å²) in [5.41, 5.74) is 1.59. The molecule has 0 atom stereocenters. The summed E-state index contributed by atoms with van der Waals surface area (Å²) >= 11 is 0. The van der Waals surface area contributed by atoms with Crippen LogP contribution in [0.4, 0.5) is 0 Å². The van der Waals surface area contributed by atoms with Crippen LogP contribution in [0.15, 0.2) is 48.5 Å². The maximum Gasteiger partial charge on any atom is 0.260 e. The Morgan fingerprint density at radius 1 is 1.12 bits per heavy atom. The average Bonchev–Trinajstić information content (AvgIpc) is 2.66. The topological polar surface area (TPSA) is 62.6 Å². The number of hydrogen-bond donors (Lipinski definition) is 0. The quantitative estimate of drug-likeness (QED) is 0.740. The van der Waals surface area contributed by atoms with E-state index in [2.05, 4.69) is 6.07 Å². The minimum absolute atomic E-state index is 0.0450. The Hall–Kier alpha value is -3.00. The molecule has 0 aliphatic heterocycles. The molecule has 0 unspecified atom stereocenters. The highest BCUT2D eigenvalue weighted by atomic mass is 16.5. The van der Waals surface area contributed by atoms with Crippen LogP contribution in [-0.4, -0.2) is 31.1 Å². The molecule has 2 rings (SSSR count). The molecular weight excluding hydrogens is 316 g/mol. The molecule has 130 valence electrons. The lowest BCUT2D eigenvalue weighted by molar-refractivity contribution is -0.134. The molecule has 0 radical (unpaired) electrons. The predicted molar refractivity (Wildman–Crippen MR) is 95.4 cm³/mol. The minimum Gasteiger partial charge on any atom is -0.493 e. The van der Waals surface area contributed by atoms with Crippen molar-refractivity contribution in [1.29, 1.82) is 5.26 Å². The van der Waals surface area contributed by atoms with E-state index < -0.39 is 0 Å². The molecule has 0 saturated heterocycles. The first kappa shape index (κ1) is 18.3. The number of methoxy groups -OCH3 is 1. The van der Waals surface area contributed by atoms with Crippen molar-refractivity contribution in [3.05, 3.63) is 59.7 Å². The molecule has 0 saturated carbocycles. The molecule has 0 N–H and O–H groups in total. The molecule has 0 heterocycles. The van der Waals surface area contributed by atoms with Gasteiger partial charge in [-0.1, -0.05) is 31.2 Å². The number of carbonyl (C=O) groups is 1. The molecule has 0 bridgehead atoms. The Morgan fingerprint density at radius 3 is 2.40 bits per heavy atom. The zero-order valence-corrected chi connectivity index (χ0v) is 14.6. The van der Waals surface area contributed by atoms with Crippen LogP contribution in [-0.2, 0) is 11.3 Å². The van der Waals surface area contributed by atoms with Gasteiger partial charge in [-0.05, 0) is 36.2 Å². The Bertz CT molecular complexity index is 735. The van der Waals surface area contributed by atoms with Gasteiger partial charge in [0.25, 0.3) is 5.91 Å². The molecule has 25 heavy (non-hydrogen) atoms. The maximum atomic E-state index is 12.5. The van der Waals surface area contributed by atoms with E-state index in [9.17, 15) is 4.79 Å². The highest BCUT2D eigenvalue weighted by Gasteiger charge is 2.15. The zero-order valence-electron chi connectivity index (χ0n) is 14.6. The van der Waals surface area contributed by atoms with E-state index in [1.54, 1.807) is 36.3 Å². The summed E-state index contributed by atoms with van der Waals surface area (Å²) in [6.07, 6.45) is 0.858. The molecule has 2 aromatic rings. The van der Waals surface area contributed by atoms with Crippen LogP contribution in [0.1, 0.15) is 24.5 Å². The Balaban J connectivity index is 2.00. The van der Waals surface area contributed by atoms with Crippen LogP contribution in [0.25, 0.3) is 0 Å². The van der Waals surface area contributed by atoms with Crippen molar-refractivity contribution >= 4 is 5.91 Å². The smallest absolute Gasteiger partial charge is 0.260 e. The second kappa shape index (κ2) is 9.33. The van der Waals surface area contributed by atoms with Gasteiger partial charge in [0.2, 0.25) is 0 Å². The summed E-state index contributed by atoms with van der Waals surface area (Å²) < 4.78 is 10.9. The molecule has 2 aromatic carbocycles. The summed E-state index contributed by atoms with van der Waals surface area (Å²) in [6.45, 7) is 3.12. The number of hydrogen-bond acceptors (Lipinski definition) is 4. The van der Waals surface area contributed by atoms with Gasteiger partial charge in [-0.25, -0.2) is 0 Å². The molecule has 0 aromatic heterocycles. The van der Waals surface area contributed by atoms with Crippen molar-refractivity contribution in [2.24, 2.45) is 0 Å². The van der Waals surface area contributed by atoms with E-state index in [-0.39, 0.29) is 12.5 Å². The maximum absolute atomic E-state index is 12.5. The SMILES string of the molecule is CCCN(Cc1ccc(C#N)cc1)C(=O)COc1ccccc1OC. The van der Waals surface area contributed by atoms with Crippen LogP contribution in [0.3, 0.4) is 0 Å². The van der Waals surface area contributed by atoms with E-state index in [1.165, 1.54) is 0 Å². The summed E-state index contributed by atoms with van der Waals surface area (Å²) in [5.74, 6) is 1.06. The highest BCUT2D eigenvalue weighted by molar-refractivity contribution is 5.77. The van der Waals surface area contributed by atoms with Crippen LogP contribution in [0.5, 0.6) is 11.5 Å². The Kier molecular flexibility index (Phi) is 6.85. The first-order chi connectivity index (χ1) is 12.2. The molecule has 0 spiro atoms. The predicted octanol–water partition coefficient (Wildman–Crippen LogP) is 3.38. The van der Waals surface area contributed by atoms with Crippen molar-refractivity contribution in [2.45, 2.75) is 19.9 Å². The van der Waals surface area contributed by atoms with Gasteiger partial charge in [-0.15, -0.1) is 0 Å². The van der Waals surface area contributed by atoms with Gasteiger partial charge in [-0.2, -0.15) is 5.26 Å². The first-order valence-electron chi connectivity index (χ1n) is 8.20. The summed E-state index contributed by atoms with van der Waals surface area (Å²) in [5, 5.41) is 8.86. The van der Waals surface area contributed by atoms with Crippen molar-refractivity contribution in [2.75, 3.05) is 20.3 Å². The van der Waals surface area contributed by atoms with Crippen LogP contribution >= 0.6 is 0 Å². The van der Waals surface area contributed by atoms with Crippen LogP contribution < -0.4 is 9.47 Å². The van der Waals surface area contributed by atoms with Gasteiger partial charge >= 0.3 is 0 Å². The fourth-order valence-corrected chi connectivity index (χ4v) is 2.44. The molecule has 5 nitrogen and oxygen atoms in total. The lowest BCUT2D eigenvalue weighted by Crippen LogP contribution is -2.35. The monoisotopic (exact) mass is 338 g/mol. The second-order valence-corrected chi connectivity index (χ2v) is 5.56. The normalized spacial score (nSPS) is 9.96. The largest absolute Gasteiger partial charge is 0.493 e. The fraction of sp³-hybridized carbons (Fsp3) is 0.300. The minimum atomic E-state index is -0.0860. The Labute approximate surface area is 148 Å². The standard InChI is InChI=1S/C20H22N2O3/c1-3-12-22(14-17-10-8-16(13-21)9-11-17)20(23)15-25-19-7-5-4-6-18(19)24-2/h4-11H,3,12,14-15H2,1-2H3. The van der Waals surface area contributed by atoms with Gasteiger partial charge in [-0.3, -0.25) is 4.79 Å². The molecule has 0 aliphatic carbocycles. The van der Waals surface area contributed by atoms with Crippen molar-refractivity contribution in [3.8, 4) is 17.6 Å². The third kappa shape index (κ3) is 5.25. The number of para-hydroxylation sites is 2. The number of rotatable bonds is 8. The van der Waals surface area contributed by atoms with E-state index in [4.69, 9.17) is 14.7 Å². The first-order valence-corrected chi connectivity index (χ1v) is 8.20. The molecule has 0 fully saturated rings. The third-order valence-corrected chi connectivity index (χ3v) is 3.72. The summed E-state index contributed by atoms with van der Waals surface area (Å²) in [6, 6.07) is 16.6. The van der Waals surface area contributed by atoms with E-state index in [1.807, 2.05) is 31.2 Å². The molecular formula is C20H22N2O3. The summed E-state index contributed by atoms with van der Waals surface area (Å²) in [7, 11) is 1.57. The fourth-order valence-electron chi connectivity index (χ4n) is 2.44. The number of amides is 1. The van der Waals surface area contributed by atoms with Crippen molar-refractivity contribution in [1.82, 2.24) is 4.90 Å². The van der Waals surface area contributed by atoms with E-state index in [0.29, 0.717) is 30.2 Å². The second-order valence-electron chi connectivity index (χ2n) is 5.56. The van der Waals surface area contributed by atoms with Gasteiger partial charge in [0.1, 0.15) is 0 Å². The van der Waals surface area contributed by atoms with Gasteiger partial charge in [0.05, 0.1) is 18.7 Å². The van der Waals surface area contributed by atoms with Crippen LogP contribution in [0.2, 0.25) is 0 Å². The number of nitrogens with zero attached hydrogens (tertiary/aromatic N) is 2. The van der Waals surface area contributed by atoms with E-state index >= 15 is 0 Å². The van der Waals surface area contributed by atoms with Crippen molar-refractivity contribution in [3.63, 3.8) is 0 Å². The molecule has 5 heteroatoms. The number of carbonyl (C=O) groups excluding carboxylic acids is 1. The van der Waals surface area contributed by atoms with Crippen molar-refractivity contribution < 1.29 is 14.3 Å². The lowest BCUT2D eigenvalue weighted by atomic mass is 10.1. The van der Waals surface area contributed by atoms with Gasteiger partial charge in [0.15, 0.2) is 18.1 Å². The number of nitriles is 1. The number of benzene rings is 2.